The lowest BCUT2D eigenvalue weighted by Gasteiger charge is -2.17. The Morgan fingerprint density at radius 1 is 0.900 bits per heavy atom. The van der Waals surface area contributed by atoms with Crippen LogP contribution in [-0.2, 0) is 25.8 Å². The summed E-state index contributed by atoms with van der Waals surface area (Å²) in [6.07, 6.45) is 7.41. The van der Waals surface area contributed by atoms with Crippen molar-refractivity contribution in [3.8, 4) is 0 Å². The molecular weight excluding hydrogens is 370 g/mol. The van der Waals surface area contributed by atoms with Crippen molar-refractivity contribution in [2.45, 2.75) is 25.8 Å². The van der Waals surface area contributed by atoms with E-state index in [1.165, 1.54) is 16.8 Å². The van der Waals surface area contributed by atoms with Crippen molar-refractivity contribution in [2.24, 2.45) is 0 Å². The molecule has 5 heteroatoms. The molecule has 0 bridgehead atoms. The third-order valence-corrected chi connectivity index (χ3v) is 5.76. The fraction of sp³-hybridized carbons (Fsp3) is 0.360. The minimum atomic E-state index is 0.944. The molecular formula is C25H31N5. The van der Waals surface area contributed by atoms with E-state index in [4.69, 9.17) is 0 Å². The van der Waals surface area contributed by atoms with Crippen LogP contribution in [0.4, 0.5) is 5.69 Å². The summed E-state index contributed by atoms with van der Waals surface area (Å²) in [6.45, 7) is 4.00. The highest BCUT2D eigenvalue weighted by atomic mass is 15.3. The molecule has 0 spiro atoms. The molecule has 0 unspecified atom stereocenters. The number of hydrogen-bond acceptors (Lipinski definition) is 4. The standard InChI is InChI=1S/C25H31N5/c1-28(2)23-13-10-22(11-14-23)9-6-17-29-18-16-25-27-26-24(30(25)20-19-29)15-12-21-7-4-3-5-8-21/h3-11,13-14H,12,15-20H2,1-2H3/b9-6+. The fourth-order valence-corrected chi connectivity index (χ4v) is 3.92. The lowest BCUT2D eigenvalue weighted by molar-refractivity contribution is 0.308. The second-order valence-corrected chi connectivity index (χ2v) is 8.11. The second-order valence-electron chi connectivity index (χ2n) is 8.11. The number of aromatic nitrogens is 3. The van der Waals surface area contributed by atoms with Crippen molar-refractivity contribution in [3.63, 3.8) is 0 Å². The quantitative estimate of drug-likeness (QED) is 0.605. The highest BCUT2D eigenvalue weighted by Gasteiger charge is 2.17. The maximum absolute atomic E-state index is 4.48. The van der Waals surface area contributed by atoms with Crippen LogP contribution in [0.5, 0.6) is 0 Å². The summed E-state index contributed by atoms with van der Waals surface area (Å²) >= 11 is 0. The van der Waals surface area contributed by atoms with E-state index in [9.17, 15) is 0 Å². The molecule has 30 heavy (non-hydrogen) atoms. The Bertz CT molecular complexity index is 957. The van der Waals surface area contributed by atoms with Crippen molar-refractivity contribution in [1.29, 1.82) is 0 Å². The first-order valence-electron chi connectivity index (χ1n) is 10.8. The molecule has 0 saturated heterocycles. The predicted octanol–water partition coefficient (Wildman–Crippen LogP) is 3.70. The first-order chi connectivity index (χ1) is 14.7. The number of aryl methyl sites for hydroxylation is 2. The van der Waals surface area contributed by atoms with Gasteiger partial charge in [0.05, 0.1) is 0 Å². The summed E-state index contributed by atoms with van der Waals surface area (Å²) in [7, 11) is 4.13. The summed E-state index contributed by atoms with van der Waals surface area (Å²) in [6, 6.07) is 19.3. The van der Waals surface area contributed by atoms with E-state index in [-0.39, 0.29) is 0 Å². The van der Waals surface area contributed by atoms with E-state index in [2.05, 4.69) is 105 Å². The Labute approximate surface area is 179 Å². The van der Waals surface area contributed by atoms with Crippen LogP contribution in [0.15, 0.2) is 60.7 Å². The van der Waals surface area contributed by atoms with E-state index in [1.54, 1.807) is 0 Å². The molecule has 0 fully saturated rings. The van der Waals surface area contributed by atoms with Crippen LogP contribution in [0, 0.1) is 0 Å². The summed E-state index contributed by atoms with van der Waals surface area (Å²) < 4.78 is 2.34. The predicted molar refractivity (Wildman–Crippen MR) is 124 cm³/mol. The van der Waals surface area contributed by atoms with Gasteiger partial charge in [0.1, 0.15) is 11.6 Å². The molecule has 0 amide bonds. The maximum Gasteiger partial charge on any atom is 0.134 e. The van der Waals surface area contributed by atoms with Crippen LogP contribution in [0.1, 0.15) is 22.8 Å². The number of hydrogen-bond donors (Lipinski definition) is 0. The Morgan fingerprint density at radius 2 is 1.70 bits per heavy atom. The van der Waals surface area contributed by atoms with Gasteiger partial charge in [0, 0.05) is 58.8 Å². The van der Waals surface area contributed by atoms with Gasteiger partial charge in [-0.2, -0.15) is 0 Å². The molecule has 0 atom stereocenters. The Kier molecular flexibility index (Phi) is 6.60. The zero-order chi connectivity index (χ0) is 20.8. The van der Waals surface area contributed by atoms with Crippen LogP contribution in [0.25, 0.3) is 6.08 Å². The monoisotopic (exact) mass is 401 g/mol. The molecule has 0 radical (unpaired) electrons. The second kappa shape index (κ2) is 9.72. The summed E-state index contributed by atoms with van der Waals surface area (Å²) in [4.78, 5) is 4.62. The van der Waals surface area contributed by atoms with E-state index >= 15 is 0 Å². The fourth-order valence-electron chi connectivity index (χ4n) is 3.92. The third kappa shape index (κ3) is 5.16. The third-order valence-electron chi connectivity index (χ3n) is 5.76. The number of benzene rings is 2. The highest BCUT2D eigenvalue weighted by Crippen LogP contribution is 2.14. The lowest BCUT2D eigenvalue weighted by Crippen LogP contribution is -2.27. The molecule has 0 aliphatic carbocycles. The molecule has 4 rings (SSSR count). The Balaban J connectivity index is 1.30. The summed E-state index contributed by atoms with van der Waals surface area (Å²) in [5.74, 6) is 2.25. The molecule has 1 aliphatic heterocycles. The number of fused-ring (bicyclic) bond motifs is 1. The summed E-state index contributed by atoms with van der Waals surface area (Å²) in [5.41, 5.74) is 3.83. The topological polar surface area (TPSA) is 37.2 Å². The SMILES string of the molecule is CN(C)c1ccc(/C=C/CN2CCc3nnc(CCc4ccccc4)n3CC2)cc1. The van der Waals surface area contributed by atoms with Gasteiger partial charge in [-0.1, -0.05) is 54.6 Å². The Morgan fingerprint density at radius 3 is 2.47 bits per heavy atom. The van der Waals surface area contributed by atoms with Gasteiger partial charge >= 0.3 is 0 Å². The molecule has 2 aromatic carbocycles. The van der Waals surface area contributed by atoms with Crippen molar-refractivity contribution < 1.29 is 0 Å². The van der Waals surface area contributed by atoms with Crippen LogP contribution in [-0.4, -0.2) is 53.4 Å². The maximum atomic E-state index is 4.48. The smallest absolute Gasteiger partial charge is 0.134 e. The van der Waals surface area contributed by atoms with E-state index in [0.29, 0.717) is 0 Å². The molecule has 5 nitrogen and oxygen atoms in total. The minimum Gasteiger partial charge on any atom is -0.378 e. The van der Waals surface area contributed by atoms with Crippen molar-refractivity contribution in [3.05, 3.63) is 83.4 Å². The first kappa shape index (κ1) is 20.4. The van der Waals surface area contributed by atoms with E-state index in [0.717, 1.165) is 57.1 Å². The highest BCUT2D eigenvalue weighted by molar-refractivity contribution is 5.55. The Hall–Kier alpha value is -2.92. The van der Waals surface area contributed by atoms with Crippen LogP contribution in [0.3, 0.4) is 0 Å². The normalized spacial score (nSPS) is 14.6. The molecule has 1 aliphatic rings. The molecule has 1 aromatic heterocycles. The van der Waals surface area contributed by atoms with Gasteiger partial charge < -0.3 is 9.47 Å². The van der Waals surface area contributed by atoms with E-state index < -0.39 is 0 Å². The molecule has 156 valence electrons. The van der Waals surface area contributed by atoms with Gasteiger partial charge in [0.25, 0.3) is 0 Å². The molecule has 0 saturated carbocycles. The largest absolute Gasteiger partial charge is 0.378 e. The number of nitrogens with zero attached hydrogens (tertiary/aromatic N) is 5. The van der Waals surface area contributed by atoms with Gasteiger partial charge in [-0.3, -0.25) is 4.90 Å². The van der Waals surface area contributed by atoms with Gasteiger partial charge in [-0.05, 0) is 29.7 Å². The van der Waals surface area contributed by atoms with Crippen molar-refractivity contribution in [1.82, 2.24) is 19.7 Å². The minimum absolute atomic E-state index is 0.944. The average molecular weight is 402 g/mol. The lowest BCUT2D eigenvalue weighted by atomic mass is 10.1. The van der Waals surface area contributed by atoms with E-state index in [1.807, 2.05) is 0 Å². The van der Waals surface area contributed by atoms with Gasteiger partial charge in [-0.25, -0.2) is 0 Å². The number of anilines is 1. The van der Waals surface area contributed by atoms with Gasteiger partial charge in [0.2, 0.25) is 0 Å². The van der Waals surface area contributed by atoms with Crippen molar-refractivity contribution >= 4 is 11.8 Å². The average Bonchev–Trinajstić information content (AvgIpc) is 3.05. The van der Waals surface area contributed by atoms with Crippen molar-refractivity contribution in [2.75, 3.05) is 38.6 Å². The first-order valence-corrected chi connectivity index (χ1v) is 10.8. The summed E-state index contributed by atoms with van der Waals surface area (Å²) in [5, 5.41) is 8.96. The van der Waals surface area contributed by atoms with Crippen LogP contribution >= 0.6 is 0 Å². The molecule has 2 heterocycles. The molecule has 3 aromatic rings. The van der Waals surface area contributed by atoms with Gasteiger partial charge in [0.15, 0.2) is 0 Å². The number of rotatable bonds is 7. The molecule has 0 N–H and O–H groups in total. The van der Waals surface area contributed by atoms with Crippen LogP contribution < -0.4 is 4.90 Å². The van der Waals surface area contributed by atoms with Gasteiger partial charge in [-0.15, -0.1) is 10.2 Å². The zero-order valence-electron chi connectivity index (χ0n) is 18.0. The zero-order valence-corrected chi connectivity index (χ0v) is 18.0. The van der Waals surface area contributed by atoms with Crippen LogP contribution in [0.2, 0.25) is 0 Å².